The van der Waals surface area contributed by atoms with Crippen LogP contribution in [0.4, 0.5) is 0 Å². The molecule has 0 bridgehead atoms. The van der Waals surface area contributed by atoms with Gasteiger partial charge in [0, 0.05) is 6.54 Å². The van der Waals surface area contributed by atoms with Crippen molar-refractivity contribution in [2.45, 2.75) is 24.3 Å². The summed E-state index contributed by atoms with van der Waals surface area (Å²) in [5.41, 5.74) is -0.00294. The quantitative estimate of drug-likeness (QED) is 0.861. The van der Waals surface area contributed by atoms with Gasteiger partial charge < -0.3 is 14.6 Å². The summed E-state index contributed by atoms with van der Waals surface area (Å²) in [6, 6.07) is 11.6. The Morgan fingerprint density at radius 2 is 1.92 bits per heavy atom. The third-order valence-electron chi connectivity index (χ3n) is 3.90. The number of aliphatic hydroxyl groups is 1. The van der Waals surface area contributed by atoms with Crippen LogP contribution >= 0.6 is 0 Å². The normalized spacial score (nSPS) is 16.0. The highest BCUT2D eigenvalue weighted by atomic mass is 32.2. The van der Waals surface area contributed by atoms with Gasteiger partial charge in [-0.3, -0.25) is 0 Å². The van der Waals surface area contributed by atoms with Gasteiger partial charge in [0.2, 0.25) is 16.8 Å². The first-order valence-electron chi connectivity index (χ1n) is 7.47. The molecule has 0 unspecified atom stereocenters. The lowest BCUT2D eigenvalue weighted by Gasteiger charge is -2.24. The highest BCUT2D eigenvalue weighted by Gasteiger charge is 2.28. The van der Waals surface area contributed by atoms with Gasteiger partial charge in [-0.25, -0.2) is 13.1 Å². The summed E-state index contributed by atoms with van der Waals surface area (Å²) in [7, 11) is -3.70. The Bertz CT molecular complexity index is 861. The molecular formula is C17H19NO5S. The highest BCUT2D eigenvalue weighted by Crippen LogP contribution is 2.35. The molecule has 1 heterocycles. The van der Waals surface area contributed by atoms with E-state index in [0.717, 1.165) is 5.56 Å². The topological polar surface area (TPSA) is 84.9 Å². The Kier molecular flexibility index (Phi) is 4.25. The SMILES string of the molecule is Cc1cccc(S(=O)(=O)NC[C@](C)(O)c2ccc3c(c2)OCO3)c1. The van der Waals surface area contributed by atoms with E-state index in [9.17, 15) is 13.5 Å². The number of hydrogen-bond acceptors (Lipinski definition) is 5. The Hall–Kier alpha value is -2.09. The summed E-state index contributed by atoms with van der Waals surface area (Å²) in [5, 5.41) is 10.7. The Labute approximate surface area is 141 Å². The van der Waals surface area contributed by atoms with Crippen molar-refractivity contribution in [3.8, 4) is 11.5 Å². The molecule has 0 aliphatic carbocycles. The molecule has 0 saturated carbocycles. The smallest absolute Gasteiger partial charge is 0.240 e. The first kappa shape index (κ1) is 16.8. The molecule has 2 aromatic carbocycles. The number of hydrogen-bond donors (Lipinski definition) is 2. The molecule has 128 valence electrons. The predicted octanol–water partition coefficient (Wildman–Crippen LogP) is 1.91. The van der Waals surface area contributed by atoms with E-state index < -0.39 is 15.6 Å². The van der Waals surface area contributed by atoms with Gasteiger partial charge in [0.05, 0.1) is 4.90 Å². The first-order valence-corrected chi connectivity index (χ1v) is 8.95. The van der Waals surface area contributed by atoms with E-state index >= 15 is 0 Å². The highest BCUT2D eigenvalue weighted by molar-refractivity contribution is 7.89. The van der Waals surface area contributed by atoms with Gasteiger partial charge in [-0.2, -0.15) is 0 Å². The molecule has 3 rings (SSSR count). The molecule has 0 spiro atoms. The summed E-state index contributed by atoms with van der Waals surface area (Å²) in [5.74, 6) is 1.14. The van der Waals surface area contributed by atoms with Gasteiger partial charge in [0.1, 0.15) is 5.60 Å². The monoisotopic (exact) mass is 349 g/mol. The number of aryl methyl sites for hydroxylation is 1. The predicted molar refractivity (Wildman–Crippen MR) is 88.5 cm³/mol. The largest absolute Gasteiger partial charge is 0.454 e. The lowest BCUT2D eigenvalue weighted by atomic mass is 9.96. The molecule has 1 aliphatic rings. The maximum absolute atomic E-state index is 12.4. The summed E-state index contributed by atoms with van der Waals surface area (Å²) in [4.78, 5) is 0.170. The fraction of sp³-hybridized carbons (Fsp3) is 0.294. The molecule has 0 radical (unpaired) electrons. The molecular weight excluding hydrogens is 330 g/mol. The summed E-state index contributed by atoms with van der Waals surface area (Å²) in [6.07, 6.45) is 0. The average molecular weight is 349 g/mol. The van der Waals surface area contributed by atoms with E-state index in [-0.39, 0.29) is 18.2 Å². The standard InChI is InChI=1S/C17H19NO5S/c1-12-4-3-5-14(8-12)24(20,21)18-10-17(2,19)13-6-7-15-16(9-13)23-11-22-15/h3-9,18-19H,10-11H2,1-2H3/t17-/m0/s1. The molecule has 0 saturated heterocycles. The summed E-state index contributed by atoms with van der Waals surface area (Å²) in [6.45, 7) is 3.34. The third kappa shape index (κ3) is 3.38. The number of benzene rings is 2. The number of sulfonamides is 1. The summed E-state index contributed by atoms with van der Waals surface area (Å²) >= 11 is 0. The van der Waals surface area contributed by atoms with Gasteiger partial charge in [0.15, 0.2) is 11.5 Å². The van der Waals surface area contributed by atoms with Crippen molar-refractivity contribution in [1.29, 1.82) is 0 Å². The minimum atomic E-state index is -3.70. The minimum Gasteiger partial charge on any atom is -0.454 e. The molecule has 6 nitrogen and oxygen atoms in total. The van der Waals surface area contributed by atoms with E-state index in [1.807, 2.05) is 13.0 Å². The van der Waals surface area contributed by atoms with Crippen LogP contribution < -0.4 is 14.2 Å². The van der Waals surface area contributed by atoms with Crippen LogP contribution in [-0.4, -0.2) is 26.9 Å². The molecule has 2 aromatic rings. The molecule has 0 fully saturated rings. The van der Waals surface area contributed by atoms with Crippen LogP contribution in [0.1, 0.15) is 18.1 Å². The van der Waals surface area contributed by atoms with E-state index in [2.05, 4.69) is 4.72 Å². The van der Waals surface area contributed by atoms with Crippen LogP contribution in [0.3, 0.4) is 0 Å². The second-order valence-corrected chi connectivity index (χ2v) is 7.75. The molecule has 1 aliphatic heterocycles. The van der Waals surface area contributed by atoms with Gasteiger partial charge in [0.25, 0.3) is 0 Å². The second kappa shape index (κ2) is 6.08. The van der Waals surface area contributed by atoms with Crippen LogP contribution in [0.15, 0.2) is 47.4 Å². The maximum Gasteiger partial charge on any atom is 0.240 e. The number of fused-ring (bicyclic) bond motifs is 1. The van der Waals surface area contributed by atoms with Crippen LogP contribution in [0.25, 0.3) is 0 Å². The number of rotatable bonds is 5. The van der Waals surface area contributed by atoms with Gasteiger partial charge in [-0.15, -0.1) is 0 Å². The van der Waals surface area contributed by atoms with Crippen molar-refractivity contribution < 1.29 is 23.0 Å². The number of ether oxygens (including phenoxy) is 2. The Morgan fingerprint density at radius 3 is 2.67 bits per heavy atom. The zero-order chi connectivity index (χ0) is 17.4. The van der Waals surface area contributed by atoms with Crippen molar-refractivity contribution in [3.05, 3.63) is 53.6 Å². The maximum atomic E-state index is 12.4. The van der Waals surface area contributed by atoms with Crippen LogP contribution in [0.2, 0.25) is 0 Å². The molecule has 7 heteroatoms. The van der Waals surface area contributed by atoms with Gasteiger partial charge in [-0.05, 0) is 49.2 Å². The summed E-state index contributed by atoms with van der Waals surface area (Å²) < 4.78 is 37.7. The first-order chi connectivity index (χ1) is 11.3. The van der Waals surface area contributed by atoms with Gasteiger partial charge in [-0.1, -0.05) is 18.2 Å². The van der Waals surface area contributed by atoms with Crippen LogP contribution in [0.5, 0.6) is 11.5 Å². The second-order valence-electron chi connectivity index (χ2n) is 5.98. The molecule has 2 N–H and O–H groups in total. The third-order valence-corrected chi connectivity index (χ3v) is 5.30. The fourth-order valence-electron chi connectivity index (χ4n) is 2.43. The lowest BCUT2D eigenvalue weighted by molar-refractivity contribution is 0.0625. The van der Waals surface area contributed by atoms with Crippen molar-refractivity contribution in [2.75, 3.05) is 13.3 Å². The average Bonchev–Trinajstić information content (AvgIpc) is 3.01. The Morgan fingerprint density at radius 1 is 1.17 bits per heavy atom. The molecule has 0 aromatic heterocycles. The minimum absolute atomic E-state index is 0.140. The lowest BCUT2D eigenvalue weighted by Crippen LogP contribution is -2.38. The van der Waals surface area contributed by atoms with E-state index in [1.54, 1.807) is 37.3 Å². The zero-order valence-corrected chi connectivity index (χ0v) is 14.3. The molecule has 0 amide bonds. The van der Waals surface area contributed by atoms with E-state index in [4.69, 9.17) is 9.47 Å². The Balaban J connectivity index is 1.77. The van der Waals surface area contributed by atoms with Crippen molar-refractivity contribution in [1.82, 2.24) is 4.72 Å². The van der Waals surface area contributed by atoms with Crippen LogP contribution in [-0.2, 0) is 15.6 Å². The zero-order valence-electron chi connectivity index (χ0n) is 13.4. The van der Waals surface area contributed by atoms with E-state index in [1.165, 1.54) is 6.07 Å². The van der Waals surface area contributed by atoms with Gasteiger partial charge >= 0.3 is 0 Å². The molecule has 1 atom stereocenters. The van der Waals surface area contributed by atoms with Crippen molar-refractivity contribution >= 4 is 10.0 Å². The number of nitrogens with one attached hydrogen (secondary N) is 1. The molecule has 24 heavy (non-hydrogen) atoms. The van der Waals surface area contributed by atoms with Crippen molar-refractivity contribution in [2.24, 2.45) is 0 Å². The van der Waals surface area contributed by atoms with Crippen molar-refractivity contribution in [3.63, 3.8) is 0 Å². The fourth-order valence-corrected chi connectivity index (χ4v) is 3.67. The van der Waals surface area contributed by atoms with E-state index in [0.29, 0.717) is 17.1 Å². The van der Waals surface area contributed by atoms with Crippen LogP contribution in [0, 0.1) is 6.92 Å².